The quantitative estimate of drug-likeness (QED) is 0.642. The van der Waals surface area contributed by atoms with Crippen molar-refractivity contribution in [3.05, 3.63) is 81.0 Å². The summed E-state index contributed by atoms with van der Waals surface area (Å²) in [5, 5.41) is 7.27. The highest BCUT2D eigenvalue weighted by atomic mass is 35.5. The Balaban J connectivity index is 1.81. The number of carbonyl (C=O) groups excluding carboxylic acids is 1. The van der Waals surface area contributed by atoms with Gasteiger partial charge in [0.25, 0.3) is 5.56 Å². The fourth-order valence-corrected chi connectivity index (χ4v) is 2.85. The molecule has 0 aliphatic carbocycles. The molecule has 0 radical (unpaired) electrons. The number of nitrogens with zero attached hydrogens (tertiary/aromatic N) is 3. The van der Waals surface area contributed by atoms with E-state index in [9.17, 15) is 9.59 Å². The van der Waals surface area contributed by atoms with Crippen molar-refractivity contribution in [2.75, 3.05) is 19.0 Å². The first-order valence-corrected chi connectivity index (χ1v) is 9.00. The first-order chi connectivity index (χ1) is 13.5. The van der Waals surface area contributed by atoms with Crippen molar-refractivity contribution in [3.63, 3.8) is 0 Å². The Hall–Kier alpha value is -3.19. The topological polar surface area (TPSA) is 86.1 Å². The lowest BCUT2D eigenvalue weighted by atomic mass is 10.2. The molecule has 1 aromatic carbocycles. The van der Waals surface area contributed by atoms with Crippen molar-refractivity contribution < 1.29 is 9.53 Å². The number of ether oxygens (including phenoxy) is 1. The first-order valence-electron chi connectivity index (χ1n) is 8.62. The molecule has 0 amide bonds. The van der Waals surface area contributed by atoms with E-state index in [0.29, 0.717) is 17.9 Å². The SMILES string of the molecule is COC(=O)c1ccccc1-n1ncc(NCCc2ccc(C)nc2)c(Cl)c1=O. The van der Waals surface area contributed by atoms with Gasteiger partial charge >= 0.3 is 5.97 Å². The smallest absolute Gasteiger partial charge is 0.340 e. The summed E-state index contributed by atoms with van der Waals surface area (Å²) in [4.78, 5) is 28.9. The summed E-state index contributed by atoms with van der Waals surface area (Å²) in [7, 11) is 1.28. The monoisotopic (exact) mass is 398 g/mol. The van der Waals surface area contributed by atoms with Gasteiger partial charge in [-0.2, -0.15) is 9.78 Å². The van der Waals surface area contributed by atoms with Gasteiger partial charge in [0.15, 0.2) is 0 Å². The van der Waals surface area contributed by atoms with Gasteiger partial charge in [0.2, 0.25) is 0 Å². The zero-order chi connectivity index (χ0) is 20.1. The second-order valence-corrected chi connectivity index (χ2v) is 6.46. The number of halogens is 1. The third-order valence-corrected chi connectivity index (χ3v) is 4.52. The third kappa shape index (κ3) is 4.20. The summed E-state index contributed by atoms with van der Waals surface area (Å²) in [6, 6.07) is 10.5. The molecule has 0 saturated carbocycles. The highest BCUT2D eigenvalue weighted by molar-refractivity contribution is 6.33. The summed E-state index contributed by atoms with van der Waals surface area (Å²) >= 11 is 6.25. The molecule has 0 aliphatic heterocycles. The van der Waals surface area contributed by atoms with Gasteiger partial charge in [0.05, 0.1) is 30.2 Å². The number of carbonyl (C=O) groups is 1. The van der Waals surface area contributed by atoms with Crippen LogP contribution in [0.4, 0.5) is 5.69 Å². The molecule has 0 aliphatic rings. The molecule has 3 aromatic rings. The van der Waals surface area contributed by atoms with Crippen molar-refractivity contribution in [2.24, 2.45) is 0 Å². The van der Waals surface area contributed by atoms with Gasteiger partial charge < -0.3 is 10.1 Å². The van der Waals surface area contributed by atoms with E-state index in [1.165, 1.54) is 13.3 Å². The Kier molecular flexibility index (Phi) is 6.06. The van der Waals surface area contributed by atoms with E-state index in [1.54, 1.807) is 24.3 Å². The van der Waals surface area contributed by atoms with Gasteiger partial charge in [-0.15, -0.1) is 0 Å². The maximum absolute atomic E-state index is 12.7. The minimum atomic E-state index is -0.561. The highest BCUT2D eigenvalue weighted by Crippen LogP contribution is 2.19. The van der Waals surface area contributed by atoms with Crippen LogP contribution in [0.5, 0.6) is 0 Å². The zero-order valence-corrected chi connectivity index (χ0v) is 16.2. The van der Waals surface area contributed by atoms with Crippen LogP contribution in [0, 0.1) is 6.92 Å². The Morgan fingerprint density at radius 3 is 2.71 bits per heavy atom. The van der Waals surface area contributed by atoms with E-state index >= 15 is 0 Å². The number of para-hydroxylation sites is 1. The Morgan fingerprint density at radius 2 is 2.00 bits per heavy atom. The fraction of sp³-hybridized carbons (Fsp3) is 0.200. The van der Waals surface area contributed by atoms with Gasteiger partial charge in [0.1, 0.15) is 5.02 Å². The summed E-state index contributed by atoms with van der Waals surface area (Å²) in [6.07, 6.45) is 4.00. The van der Waals surface area contributed by atoms with E-state index in [1.807, 2.05) is 25.3 Å². The molecule has 8 heteroatoms. The summed E-state index contributed by atoms with van der Waals surface area (Å²) in [5.74, 6) is -0.561. The summed E-state index contributed by atoms with van der Waals surface area (Å²) in [6.45, 7) is 2.50. The number of aryl methyl sites for hydroxylation is 1. The predicted molar refractivity (Wildman–Crippen MR) is 107 cm³/mol. The molecule has 2 aromatic heterocycles. The Morgan fingerprint density at radius 1 is 1.21 bits per heavy atom. The second-order valence-electron chi connectivity index (χ2n) is 6.08. The van der Waals surface area contributed by atoms with Gasteiger partial charge in [-0.1, -0.05) is 29.8 Å². The van der Waals surface area contributed by atoms with Crippen LogP contribution in [0.25, 0.3) is 5.69 Å². The molecule has 144 valence electrons. The van der Waals surface area contributed by atoms with Gasteiger partial charge in [-0.25, -0.2) is 4.79 Å². The van der Waals surface area contributed by atoms with Gasteiger partial charge in [0, 0.05) is 18.4 Å². The number of nitrogens with one attached hydrogen (secondary N) is 1. The number of aromatic nitrogens is 3. The van der Waals surface area contributed by atoms with E-state index < -0.39 is 11.5 Å². The number of pyridine rings is 1. The fourth-order valence-electron chi connectivity index (χ4n) is 2.66. The molecule has 0 bridgehead atoms. The number of hydrogen-bond donors (Lipinski definition) is 1. The second kappa shape index (κ2) is 8.67. The van der Waals surface area contributed by atoms with Crippen LogP contribution >= 0.6 is 11.6 Å². The standard InChI is InChI=1S/C20H19ClN4O3/c1-13-7-8-14(11-23-13)9-10-22-16-12-24-25(19(26)18(16)21)17-6-4-3-5-15(17)20(27)28-2/h3-8,11-12,22H,9-10H2,1-2H3. The van der Waals surface area contributed by atoms with Crippen LogP contribution in [0.15, 0.2) is 53.6 Å². The maximum Gasteiger partial charge on any atom is 0.340 e. The Bertz CT molecular complexity index is 1050. The van der Waals surface area contributed by atoms with Crippen molar-refractivity contribution in [2.45, 2.75) is 13.3 Å². The minimum absolute atomic E-state index is 0.00306. The van der Waals surface area contributed by atoms with Crippen molar-refractivity contribution >= 4 is 23.3 Å². The van der Waals surface area contributed by atoms with Crippen molar-refractivity contribution in [3.8, 4) is 5.69 Å². The van der Waals surface area contributed by atoms with Crippen LogP contribution in [0.3, 0.4) is 0 Å². The molecule has 0 spiro atoms. The van der Waals surface area contributed by atoms with E-state index in [2.05, 4.69) is 15.4 Å². The molecular formula is C20H19ClN4O3. The largest absolute Gasteiger partial charge is 0.465 e. The van der Waals surface area contributed by atoms with Crippen LogP contribution in [0.2, 0.25) is 5.02 Å². The lowest BCUT2D eigenvalue weighted by Gasteiger charge is -2.12. The van der Waals surface area contributed by atoms with Crippen LogP contribution < -0.4 is 10.9 Å². The molecule has 0 fully saturated rings. The molecule has 28 heavy (non-hydrogen) atoms. The molecule has 0 unspecified atom stereocenters. The maximum atomic E-state index is 12.7. The number of hydrogen-bond acceptors (Lipinski definition) is 6. The van der Waals surface area contributed by atoms with Crippen LogP contribution in [-0.4, -0.2) is 34.4 Å². The van der Waals surface area contributed by atoms with Crippen molar-refractivity contribution in [1.29, 1.82) is 0 Å². The van der Waals surface area contributed by atoms with Crippen LogP contribution in [0.1, 0.15) is 21.6 Å². The van der Waals surface area contributed by atoms with E-state index in [0.717, 1.165) is 22.4 Å². The van der Waals surface area contributed by atoms with E-state index in [-0.39, 0.29) is 10.6 Å². The van der Waals surface area contributed by atoms with E-state index in [4.69, 9.17) is 16.3 Å². The molecule has 1 N–H and O–H groups in total. The summed E-state index contributed by atoms with van der Waals surface area (Å²) < 4.78 is 5.85. The number of benzene rings is 1. The zero-order valence-electron chi connectivity index (χ0n) is 15.5. The number of anilines is 1. The number of methoxy groups -OCH3 is 1. The molecule has 0 atom stereocenters. The van der Waals surface area contributed by atoms with Gasteiger partial charge in [-0.05, 0) is 37.1 Å². The highest BCUT2D eigenvalue weighted by Gasteiger charge is 2.17. The molecule has 7 nitrogen and oxygen atoms in total. The molecular weight excluding hydrogens is 380 g/mol. The number of rotatable bonds is 6. The predicted octanol–water partition coefficient (Wildman–Crippen LogP) is 3.03. The molecule has 0 saturated heterocycles. The first kappa shape index (κ1) is 19.6. The normalized spacial score (nSPS) is 10.5. The van der Waals surface area contributed by atoms with Crippen molar-refractivity contribution in [1.82, 2.24) is 14.8 Å². The van der Waals surface area contributed by atoms with Crippen LogP contribution in [-0.2, 0) is 11.2 Å². The minimum Gasteiger partial charge on any atom is -0.465 e. The number of esters is 1. The van der Waals surface area contributed by atoms with Gasteiger partial charge in [-0.3, -0.25) is 9.78 Å². The molecule has 2 heterocycles. The average molecular weight is 399 g/mol. The lowest BCUT2D eigenvalue weighted by molar-refractivity contribution is 0.0600. The average Bonchev–Trinajstić information content (AvgIpc) is 2.72. The molecule has 3 rings (SSSR count). The lowest BCUT2D eigenvalue weighted by Crippen LogP contribution is -2.25. The summed E-state index contributed by atoms with van der Waals surface area (Å²) in [5.41, 5.74) is 2.46. The Labute approximate surface area is 166 Å². The third-order valence-electron chi connectivity index (χ3n) is 4.16.